The van der Waals surface area contributed by atoms with Crippen molar-refractivity contribution in [3.8, 4) is 0 Å². The van der Waals surface area contributed by atoms with Crippen LogP contribution in [0.25, 0.3) is 0 Å². The first-order chi connectivity index (χ1) is 13.3. The Labute approximate surface area is 169 Å². The van der Waals surface area contributed by atoms with Gasteiger partial charge in [-0.25, -0.2) is 4.99 Å². The number of benzene rings is 1. The first-order valence-corrected chi connectivity index (χ1v) is 10.1. The van der Waals surface area contributed by atoms with E-state index in [1.54, 1.807) is 0 Å². The minimum absolute atomic E-state index is 0.109. The lowest BCUT2D eigenvalue weighted by atomic mass is 10.0. The molecule has 1 aromatic carbocycles. The summed E-state index contributed by atoms with van der Waals surface area (Å²) in [6, 6.07) is 12.7. The lowest BCUT2D eigenvalue weighted by Gasteiger charge is -2.31. The van der Waals surface area contributed by atoms with Crippen LogP contribution in [0.4, 0.5) is 0 Å². The zero-order valence-corrected chi connectivity index (χ0v) is 18.0. The molecule has 0 radical (unpaired) electrons. The molecule has 0 aliphatic carbocycles. The average molecular weight is 386 g/mol. The van der Waals surface area contributed by atoms with E-state index in [0.717, 1.165) is 30.5 Å². The maximum atomic E-state index is 5.38. The molecule has 0 aliphatic rings. The van der Waals surface area contributed by atoms with Gasteiger partial charge in [0, 0.05) is 30.7 Å². The predicted molar refractivity (Wildman–Crippen MR) is 115 cm³/mol. The molecular weight excluding hydrogens is 350 g/mol. The van der Waals surface area contributed by atoms with Crippen LogP contribution >= 0.6 is 0 Å². The number of rotatable bonds is 9. The van der Waals surface area contributed by atoms with Crippen molar-refractivity contribution >= 4 is 5.96 Å². The number of nitrogens with one attached hydrogen (secondary N) is 3. The van der Waals surface area contributed by atoms with Crippen LogP contribution in [0.3, 0.4) is 0 Å². The van der Waals surface area contributed by atoms with Gasteiger partial charge in [0.15, 0.2) is 11.7 Å². The normalized spacial score (nSPS) is 13.6. The summed E-state index contributed by atoms with van der Waals surface area (Å²) in [6.45, 7) is 14.8. The van der Waals surface area contributed by atoms with Crippen LogP contribution in [-0.2, 0) is 6.54 Å². The summed E-state index contributed by atoms with van der Waals surface area (Å²) in [7, 11) is 0. The van der Waals surface area contributed by atoms with Gasteiger partial charge in [-0.2, -0.15) is 0 Å². The van der Waals surface area contributed by atoms with E-state index >= 15 is 0 Å². The molecule has 1 atom stereocenters. The van der Waals surface area contributed by atoms with Gasteiger partial charge in [-0.05, 0) is 39.2 Å². The molecule has 2 rings (SSSR count). The third-order valence-corrected chi connectivity index (χ3v) is 4.51. The van der Waals surface area contributed by atoms with Crippen LogP contribution in [0.1, 0.15) is 70.5 Å². The van der Waals surface area contributed by atoms with Crippen LogP contribution in [0, 0.1) is 0 Å². The molecule has 1 aromatic heterocycles. The Morgan fingerprint density at radius 3 is 2.46 bits per heavy atom. The van der Waals surface area contributed by atoms with E-state index in [0.29, 0.717) is 12.5 Å². The Morgan fingerprint density at radius 2 is 1.86 bits per heavy atom. The van der Waals surface area contributed by atoms with Crippen LogP contribution in [-0.4, -0.2) is 29.7 Å². The van der Waals surface area contributed by atoms with Crippen molar-refractivity contribution in [2.75, 3.05) is 13.1 Å². The molecule has 0 aliphatic heterocycles. The van der Waals surface area contributed by atoms with Gasteiger partial charge in [0.05, 0.1) is 5.69 Å². The molecule has 0 amide bonds. The molecule has 0 saturated heterocycles. The largest absolute Gasteiger partial charge is 0.359 e. The Hall–Kier alpha value is -2.34. The summed E-state index contributed by atoms with van der Waals surface area (Å²) in [5, 5.41) is 14.5. The Kier molecular flexibility index (Phi) is 8.05. The third-order valence-electron chi connectivity index (χ3n) is 4.51. The number of nitrogens with zero attached hydrogens (tertiary/aromatic N) is 2. The fourth-order valence-corrected chi connectivity index (χ4v) is 2.94. The molecule has 6 heteroatoms. The van der Waals surface area contributed by atoms with Gasteiger partial charge in [-0.3, -0.25) is 0 Å². The highest BCUT2D eigenvalue weighted by Crippen LogP contribution is 2.16. The second-order valence-corrected chi connectivity index (χ2v) is 8.08. The van der Waals surface area contributed by atoms with E-state index in [1.807, 2.05) is 12.1 Å². The van der Waals surface area contributed by atoms with E-state index in [1.165, 1.54) is 5.56 Å². The van der Waals surface area contributed by atoms with Crippen molar-refractivity contribution in [2.24, 2.45) is 4.99 Å². The fraction of sp³-hybridized carbons (Fsp3) is 0.545. The Bertz CT molecular complexity index is 736. The summed E-state index contributed by atoms with van der Waals surface area (Å²) in [5.41, 5.74) is 2.13. The molecule has 1 unspecified atom stereocenters. The number of guanidine groups is 1. The Balaban J connectivity index is 1.92. The van der Waals surface area contributed by atoms with Gasteiger partial charge >= 0.3 is 0 Å². The van der Waals surface area contributed by atoms with Gasteiger partial charge in [0.1, 0.15) is 6.54 Å². The van der Waals surface area contributed by atoms with Gasteiger partial charge in [0.25, 0.3) is 0 Å². The molecule has 154 valence electrons. The quantitative estimate of drug-likeness (QED) is 0.450. The maximum absolute atomic E-state index is 5.38. The molecule has 3 N–H and O–H groups in total. The van der Waals surface area contributed by atoms with E-state index in [4.69, 9.17) is 4.52 Å². The van der Waals surface area contributed by atoms with E-state index < -0.39 is 0 Å². The second-order valence-electron chi connectivity index (χ2n) is 8.08. The summed E-state index contributed by atoms with van der Waals surface area (Å²) < 4.78 is 5.38. The zero-order valence-electron chi connectivity index (χ0n) is 18.0. The number of aromatic nitrogens is 1. The van der Waals surface area contributed by atoms with Gasteiger partial charge < -0.3 is 20.5 Å². The minimum atomic E-state index is -0.109. The number of hydrogen-bond acceptors (Lipinski definition) is 4. The van der Waals surface area contributed by atoms with Gasteiger partial charge in [0.2, 0.25) is 0 Å². The molecule has 0 fully saturated rings. The van der Waals surface area contributed by atoms with Gasteiger partial charge in [-0.1, -0.05) is 49.3 Å². The average Bonchev–Trinajstić information content (AvgIpc) is 3.14. The second kappa shape index (κ2) is 10.3. The molecule has 0 saturated carbocycles. The van der Waals surface area contributed by atoms with Crippen molar-refractivity contribution in [3.05, 3.63) is 53.4 Å². The third kappa shape index (κ3) is 7.00. The molecular formula is C22H35N5O. The van der Waals surface area contributed by atoms with Crippen LogP contribution in [0.15, 0.2) is 45.9 Å². The minimum Gasteiger partial charge on any atom is -0.359 e. The van der Waals surface area contributed by atoms with Crippen molar-refractivity contribution in [1.29, 1.82) is 0 Å². The highest BCUT2D eigenvalue weighted by Gasteiger charge is 2.21. The SMILES string of the molecule is CCNC(=NCc1cc(C(C)C)no1)NCC(C)(C)NC(C)c1ccccc1. The first-order valence-electron chi connectivity index (χ1n) is 10.1. The summed E-state index contributed by atoms with van der Waals surface area (Å²) in [6.07, 6.45) is 0. The molecule has 1 heterocycles. The fourth-order valence-electron chi connectivity index (χ4n) is 2.94. The molecule has 0 spiro atoms. The van der Waals surface area contributed by atoms with E-state index in [2.05, 4.69) is 91.9 Å². The zero-order chi connectivity index (χ0) is 20.6. The molecule has 6 nitrogen and oxygen atoms in total. The van der Waals surface area contributed by atoms with Crippen molar-refractivity contribution in [1.82, 2.24) is 21.1 Å². The van der Waals surface area contributed by atoms with Gasteiger partial charge in [-0.15, -0.1) is 0 Å². The van der Waals surface area contributed by atoms with Crippen molar-refractivity contribution < 1.29 is 4.52 Å². The van der Waals surface area contributed by atoms with Crippen molar-refractivity contribution in [2.45, 2.75) is 65.6 Å². The first kappa shape index (κ1) is 22.0. The van der Waals surface area contributed by atoms with E-state index in [9.17, 15) is 0 Å². The molecule has 2 aromatic rings. The predicted octanol–water partition coefficient (Wildman–Crippen LogP) is 3.98. The van der Waals surface area contributed by atoms with Crippen LogP contribution in [0.2, 0.25) is 0 Å². The van der Waals surface area contributed by atoms with Crippen LogP contribution < -0.4 is 16.0 Å². The summed E-state index contributed by atoms with van der Waals surface area (Å²) >= 11 is 0. The summed E-state index contributed by atoms with van der Waals surface area (Å²) in [5.74, 6) is 1.90. The number of hydrogen-bond donors (Lipinski definition) is 3. The number of aliphatic imine (C=N–C) groups is 1. The van der Waals surface area contributed by atoms with Crippen molar-refractivity contribution in [3.63, 3.8) is 0 Å². The Morgan fingerprint density at radius 1 is 1.14 bits per heavy atom. The van der Waals surface area contributed by atoms with Crippen LogP contribution in [0.5, 0.6) is 0 Å². The lowest BCUT2D eigenvalue weighted by Crippen LogP contribution is -2.52. The lowest BCUT2D eigenvalue weighted by molar-refractivity contribution is 0.344. The highest BCUT2D eigenvalue weighted by molar-refractivity contribution is 5.79. The monoisotopic (exact) mass is 385 g/mol. The maximum Gasteiger partial charge on any atom is 0.191 e. The topological polar surface area (TPSA) is 74.5 Å². The summed E-state index contributed by atoms with van der Waals surface area (Å²) in [4.78, 5) is 4.63. The molecule has 28 heavy (non-hydrogen) atoms. The van der Waals surface area contributed by atoms with E-state index in [-0.39, 0.29) is 11.6 Å². The smallest absolute Gasteiger partial charge is 0.191 e. The standard InChI is InChI=1S/C22H35N5O/c1-7-23-21(24-14-19-13-20(16(2)3)27-28-19)25-15-22(5,6)26-17(4)18-11-9-8-10-12-18/h8-13,16-17,26H,7,14-15H2,1-6H3,(H2,23,24,25). The molecule has 0 bridgehead atoms. The highest BCUT2D eigenvalue weighted by atomic mass is 16.5.